The molecule has 0 spiro atoms. The largest absolute Gasteiger partial charge is 0.397 e. The monoisotopic (exact) mass is 264 g/mol. The van der Waals surface area contributed by atoms with Crippen LogP contribution < -0.4 is 5.73 Å². The van der Waals surface area contributed by atoms with Crippen LogP contribution in [-0.4, -0.2) is 11.3 Å². The molecule has 1 rings (SSSR count). The summed E-state index contributed by atoms with van der Waals surface area (Å²) in [5.41, 5.74) is 5.17. The number of aldehydes is 1. The van der Waals surface area contributed by atoms with Crippen LogP contribution in [0.25, 0.3) is 0 Å². The maximum absolute atomic E-state index is 12.6. The molecule has 0 amide bonds. The van der Waals surface area contributed by atoms with Gasteiger partial charge in [-0.15, -0.1) is 0 Å². The lowest BCUT2D eigenvalue weighted by Crippen LogP contribution is -2.05. The van der Waals surface area contributed by atoms with Crippen LogP contribution in [0.2, 0.25) is 0 Å². The SMILES string of the molecule is Nc1cnc(C=O)c(C(F)F)c1CBr. The Morgan fingerprint density at radius 1 is 1.64 bits per heavy atom. The predicted octanol–water partition coefficient (Wildman–Crippen LogP) is 2.31. The number of carbonyl (C=O) groups is 1. The van der Waals surface area contributed by atoms with Crippen LogP contribution in [0.3, 0.4) is 0 Å². The van der Waals surface area contributed by atoms with Gasteiger partial charge in [0.05, 0.1) is 17.4 Å². The Labute approximate surface area is 87.4 Å². The standard InChI is InChI=1S/C8H7BrF2N2O/c9-1-4-5(12)2-13-6(3-14)7(4)8(10)11/h2-3,8H,1,12H2. The highest BCUT2D eigenvalue weighted by molar-refractivity contribution is 9.08. The van der Waals surface area contributed by atoms with Crippen molar-refractivity contribution in [3.63, 3.8) is 0 Å². The summed E-state index contributed by atoms with van der Waals surface area (Å²) < 4.78 is 25.1. The molecule has 76 valence electrons. The lowest BCUT2D eigenvalue weighted by atomic mass is 10.1. The van der Waals surface area contributed by atoms with Crippen LogP contribution in [0.15, 0.2) is 6.20 Å². The first-order valence-corrected chi connectivity index (χ1v) is 4.80. The number of aromatic nitrogens is 1. The quantitative estimate of drug-likeness (QED) is 0.674. The Morgan fingerprint density at radius 2 is 2.29 bits per heavy atom. The predicted molar refractivity (Wildman–Crippen MR) is 51.6 cm³/mol. The molecule has 0 saturated carbocycles. The molecule has 1 heterocycles. The van der Waals surface area contributed by atoms with E-state index in [4.69, 9.17) is 5.73 Å². The Hall–Kier alpha value is -1.04. The number of hydrogen-bond donors (Lipinski definition) is 1. The van der Waals surface area contributed by atoms with E-state index in [1.165, 1.54) is 6.20 Å². The number of anilines is 1. The first-order valence-electron chi connectivity index (χ1n) is 3.68. The molecule has 0 aromatic carbocycles. The highest BCUT2D eigenvalue weighted by Crippen LogP contribution is 2.29. The van der Waals surface area contributed by atoms with Crippen molar-refractivity contribution in [2.45, 2.75) is 11.8 Å². The van der Waals surface area contributed by atoms with Gasteiger partial charge in [0.25, 0.3) is 6.43 Å². The number of alkyl halides is 3. The number of carbonyl (C=O) groups excluding carboxylic acids is 1. The number of hydrogen-bond acceptors (Lipinski definition) is 3. The Morgan fingerprint density at radius 3 is 2.71 bits per heavy atom. The topological polar surface area (TPSA) is 56.0 Å². The van der Waals surface area contributed by atoms with Crippen molar-refractivity contribution >= 4 is 27.9 Å². The Bertz CT molecular complexity index is 357. The summed E-state index contributed by atoms with van der Waals surface area (Å²) in [6, 6.07) is 0. The fourth-order valence-electron chi connectivity index (χ4n) is 1.08. The van der Waals surface area contributed by atoms with Gasteiger partial charge < -0.3 is 5.73 Å². The maximum atomic E-state index is 12.6. The number of nitrogens with zero attached hydrogens (tertiary/aromatic N) is 1. The van der Waals surface area contributed by atoms with E-state index in [2.05, 4.69) is 20.9 Å². The average Bonchev–Trinajstić information content (AvgIpc) is 2.17. The summed E-state index contributed by atoms with van der Waals surface area (Å²) in [6.45, 7) is 0. The number of nitrogen functional groups attached to an aromatic ring is 1. The molecule has 14 heavy (non-hydrogen) atoms. The summed E-state index contributed by atoms with van der Waals surface area (Å²) in [6.07, 6.45) is -1.25. The van der Waals surface area contributed by atoms with Crippen molar-refractivity contribution in [1.29, 1.82) is 0 Å². The van der Waals surface area contributed by atoms with Crippen LogP contribution in [0.5, 0.6) is 0 Å². The van der Waals surface area contributed by atoms with Crippen molar-refractivity contribution in [2.24, 2.45) is 0 Å². The number of pyridine rings is 1. The third-order valence-corrected chi connectivity index (χ3v) is 2.32. The molecule has 3 nitrogen and oxygen atoms in total. The normalized spacial score (nSPS) is 10.6. The smallest absolute Gasteiger partial charge is 0.266 e. The second-order valence-electron chi connectivity index (χ2n) is 2.54. The molecule has 0 fully saturated rings. The van der Waals surface area contributed by atoms with Gasteiger partial charge in [0.15, 0.2) is 6.29 Å². The van der Waals surface area contributed by atoms with E-state index in [0.717, 1.165) is 0 Å². The van der Waals surface area contributed by atoms with Gasteiger partial charge >= 0.3 is 0 Å². The van der Waals surface area contributed by atoms with Gasteiger partial charge in [-0.2, -0.15) is 0 Å². The van der Waals surface area contributed by atoms with Crippen LogP contribution in [-0.2, 0) is 5.33 Å². The summed E-state index contributed by atoms with van der Waals surface area (Å²) in [5, 5.41) is 0.169. The molecule has 0 aliphatic rings. The molecule has 0 saturated heterocycles. The zero-order valence-electron chi connectivity index (χ0n) is 7.01. The molecule has 0 radical (unpaired) electrons. The van der Waals surface area contributed by atoms with Gasteiger partial charge in [0.1, 0.15) is 5.69 Å². The second-order valence-corrected chi connectivity index (χ2v) is 3.10. The summed E-state index contributed by atoms with van der Waals surface area (Å²) >= 11 is 3.03. The Kier molecular flexibility index (Phi) is 3.51. The molecular formula is C8H7BrF2N2O. The van der Waals surface area contributed by atoms with Gasteiger partial charge in [-0.1, -0.05) is 15.9 Å². The number of halogens is 3. The lowest BCUT2D eigenvalue weighted by molar-refractivity contribution is 0.110. The number of nitrogens with two attached hydrogens (primary N) is 1. The van der Waals surface area contributed by atoms with Crippen molar-refractivity contribution in [2.75, 3.05) is 5.73 Å². The fraction of sp³-hybridized carbons (Fsp3) is 0.250. The molecule has 0 aliphatic heterocycles. The average molecular weight is 265 g/mol. The Balaban J connectivity index is 3.43. The molecule has 0 bridgehead atoms. The van der Waals surface area contributed by atoms with Gasteiger partial charge in [0.2, 0.25) is 0 Å². The van der Waals surface area contributed by atoms with E-state index in [1.807, 2.05) is 0 Å². The zero-order valence-corrected chi connectivity index (χ0v) is 8.59. The lowest BCUT2D eigenvalue weighted by Gasteiger charge is -2.10. The minimum absolute atomic E-state index is 0.155. The van der Waals surface area contributed by atoms with E-state index in [0.29, 0.717) is 6.29 Å². The third kappa shape index (κ3) is 1.89. The highest BCUT2D eigenvalue weighted by atomic mass is 79.9. The molecule has 2 N–H and O–H groups in total. The second kappa shape index (κ2) is 4.45. The molecule has 6 heteroatoms. The van der Waals surface area contributed by atoms with E-state index >= 15 is 0 Å². The molecule has 0 aliphatic carbocycles. The summed E-state index contributed by atoms with van der Waals surface area (Å²) in [7, 11) is 0. The van der Waals surface area contributed by atoms with Crippen molar-refractivity contribution in [3.8, 4) is 0 Å². The summed E-state index contributed by atoms with van der Waals surface area (Å²) in [4.78, 5) is 14.0. The number of rotatable bonds is 3. The minimum atomic E-state index is -2.75. The van der Waals surface area contributed by atoms with Gasteiger partial charge in [-0.05, 0) is 5.56 Å². The maximum Gasteiger partial charge on any atom is 0.266 e. The first-order chi connectivity index (χ1) is 6.61. The molecule has 0 atom stereocenters. The highest BCUT2D eigenvalue weighted by Gasteiger charge is 2.20. The van der Waals surface area contributed by atoms with Crippen molar-refractivity contribution < 1.29 is 13.6 Å². The van der Waals surface area contributed by atoms with Crippen LogP contribution >= 0.6 is 15.9 Å². The van der Waals surface area contributed by atoms with Crippen LogP contribution in [0.4, 0.5) is 14.5 Å². The van der Waals surface area contributed by atoms with Crippen molar-refractivity contribution in [1.82, 2.24) is 4.98 Å². The van der Waals surface area contributed by atoms with Crippen molar-refractivity contribution in [3.05, 3.63) is 23.0 Å². The van der Waals surface area contributed by atoms with E-state index in [1.54, 1.807) is 0 Å². The van der Waals surface area contributed by atoms with Gasteiger partial charge in [-0.25, -0.2) is 8.78 Å². The molecule has 1 aromatic heterocycles. The van der Waals surface area contributed by atoms with Crippen LogP contribution in [0, 0.1) is 0 Å². The third-order valence-electron chi connectivity index (χ3n) is 1.76. The van der Waals surface area contributed by atoms with E-state index < -0.39 is 12.0 Å². The molecule has 0 unspecified atom stereocenters. The first kappa shape index (κ1) is 11.0. The minimum Gasteiger partial charge on any atom is -0.397 e. The fourth-order valence-corrected chi connectivity index (χ4v) is 1.71. The zero-order chi connectivity index (χ0) is 10.7. The molecule has 1 aromatic rings. The summed E-state index contributed by atoms with van der Waals surface area (Å²) in [5.74, 6) is 0. The molecular weight excluding hydrogens is 258 g/mol. The van der Waals surface area contributed by atoms with Gasteiger partial charge in [0, 0.05) is 5.33 Å². The van der Waals surface area contributed by atoms with Crippen LogP contribution in [0.1, 0.15) is 28.0 Å². The van der Waals surface area contributed by atoms with E-state index in [-0.39, 0.29) is 22.3 Å². The van der Waals surface area contributed by atoms with Gasteiger partial charge in [-0.3, -0.25) is 9.78 Å². The van der Waals surface area contributed by atoms with E-state index in [9.17, 15) is 13.6 Å².